The van der Waals surface area contributed by atoms with E-state index < -0.39 is 39.6 Å². The van der Waals surface area contributed by atoms with Gasteiger partial charge < -0.3 is 24.0 Å². The summed E-state index contributed by atoms with van der Waals surface area (Å²) in [6.45, 7) is 8.47. The highest BCUT2D eigenvalue weighted by Gasteiger charge is 2.50. The van der Waals surface area contributed by atoms with Gasteiger partial charge in [-0.25, -0.2) is 8.42 Å². The fraction of sp³-hybridized carbons (Fsp3) is 0.783. The van der Waals surface area contributed by atoms with Gasteiger partial charge in [-0.1, -0.05) is 0 Å². The molecule has 3 atom stereocenters. The number of sulfonamides is 1. The number of rotatable bonds is 5. The predicted octanol–water partition coefficient (Wildman–Crippen LogP) is 2.66. The van der Waals surface area contributed by atoms with E-state index in [-0.39, 0.29) is 43.9 Å². The van der Waals surface area contributed by atoms with E-state index in [1.165, 1.54) is 0 Å². The van der Waals surface area contributed by atoms with Crippen molar-refractivity contribution in [2.75, 3.05) is 62.4 Å². The third-order valence-electron chi connectivity index (χ3n) is 6.57. The molecule has 2 unspecified atom stereocenters. The van der Waals surface area contributed by atoms with Crippen LogP contribution in [0.3, 0.4) is 0 Å². The number of morpholine rings is 1. The van der Waals surface area contributed by atoms with E-state index in [9.17, 15) is 21.6 Å². The molecule has 36 heavy (non-hydrogen) atoms. The molecule has 9 nitrogen and oxygen atoms in total. The lowest BCUT2D eigenvalue weighted by Crippen LogP contribution is -2.61. The lowest BCUT2D eigenvalue weighted by Gasteiger charge is -2.43. The van der Waals surface area contributed by atoms with Crippen LogP contribution in [0.1, 0.15) is 34.1 Å². The first-order valence-corrected chi connectivity index (χ1v) is 13.7. The van der Waals surface area contributed by atoms with Crippen LogP contribution in [0.4, 0.5) is 24.7 Å². The topological polar surface area (TPSA) is 84.4 Å². The van der Waals surface area contributed by atoms with Gasteiger partial charge in [0, 0.05) is 56.6 Å². The number of ether oxygens (including phenoxy) is 3. The average molecular weight is 537 g/mol. The molecule has 0 radical (unpaired) electrons. The van der Waals surface area contributed by atoms with Crippen molar-refractivity contribution in [1.82, 2.24) is 9.29 Å². The first kappa shape index (κ1) is 27.2. The van der Waals surface area contributed by atoms with E-state index in [1.54, 1.807) is 12.1 Å². The Bertz CT molecular complexity index is 1030. The summed E-state index contributed by atoms with van der Waals surface area (Å²) in [5.74, 6) is 0.321. The Morgan fingerprint density at radius 3 is 2.36 bits per heavy atom. The molecule has 3 aliphatic heterocycles. The number of alkyl halides is 3. The quantitative estimate of drug-likeness (QED) is 0.568. The van der Waals surface area contributed by atoms with Crippen molar-refractivity contribution in [3.63, 3.8) is 0 Å². The van der Waals surface area contributed by atoms with Crippen LogP contribution in [0.2, 0.25) is 0 Å². The van der Waals surface area contributed by atoms with Crippen LogP contribution in [0.15, 0.2) is 12.1 Å². The summed E-state index contributed by atoms with van der Waals surface area (Å²) in [4.78, 5) is 7.67. The molecule has 3 fully saturated rings. The van der Waals surface area contributed by atoms with Gasteiger partial charge in [-0.3, -0.25) is 0 Å². The van der Waals surface area contributed by atoms with Crippen molar-refractivity contribution in [2.24, 2.45) is 0 Å². The van der Waals surface area contributed by atoms with Gasteiger partial charge in [0.15, 0.2) is 0 Å². The Morgan fingerprint density at radius 2 is 1.75 bits per heavy atom. The molecule has 0 aromatic carbocycles. The second-order valence-electron chi connectivity index (χ2n) is 10.5. The Kier molecular flexibility index (Phi) is 7.67. The van der Waals surface area contributed by atoms with Crippen LogP contribution in [-0.4, -0.2) is 99.4 Å². The van der Waals surface area contributed by atoms with Crippen LogP contribution in [-0.2, 0) is 19.5 Å². The van der Waals surface area contributed by atoms with Crippen LogP contribution in [0.25, 0.3) is 0 Å². The number of hydrogen-bond acceptors (Lipinski definition) is 8. The zero-order chi connectivity index (χ0) is 26.3. The fourth-order valence-corrected chi connectivity index (χ4v) is 6.54. The third kappa shape index (κ3) is 6.00. The van der Waals surface area contributed by atoms with Gasteiger partial charge in [-0.15, -0.1) is 0 Å². The van der Waals surface area contributed by atoms with E-state index in [4.69, 9.17) is 14.2 Å². The normalized spacial score (nSPS) is 26.9. The maximum Gasteiger partial charge on any atom is 0.410 e. The summed E-state index contributed by atoms with van der Waals surface area (Å²) in [5.41, 5.74) is 0.0770. The molecule has 0 N–H and O–H groups in total. The van der Waals surface area contributed by atoms with E-state index in [0.29, 0.717) is 32.1 Å². The van der Waals surface area contributed by atoms with Crippen LogP contribution in [0, 0.1) is 0 Å². The Morgan fingerprint density at radius 1 is 1.03 bits per heavy atom. The highest BCUT2D eigenvalue weighted by Crippen LogP contribution is 2.36. The molecule has 1 aromatic rings. The van der Waals surface area contributed by atoms with Crippen molar-refractivity contribution >= 4 is 21.5 Å². The Hall–Kier alpha value is -1.83. The zero-order valence-corrected chi connectivity index (χ0v) is 21.9. The first-order valence-electron chi connectivity index (χ1n) is 12.2. The molecule has 204 valence electrons. The van der Waals surface area contributed by atoms with Crippen molar-refractivity contribution in [1.29, 1.82) is 0 Å². The summed E-state index contributed by atoms with van der Waals surface area (Å²) in [6, 6.07) is 1.34. The molecular weight excluding hydrogens is 501 g/mol. The van der Waals surface area contributed by atoms with Crippen molar-refractivity contribution in [2.45, 2.75) is 63.2 Å². The monoisotopic (exact) mass is 536 g/mol. The summed E-state index contributed by atoms with van der Waals surface area (Å²) in [6.07, 6.45) is -4.39. The number of anilines is 2. The number of pyridine rings is 1. The summed E-state index contributed by atoms with van der Waals surface area (Å²) < 4.78 is 86.6. The zero-order valence-electron chi connectivity index (χ0n) is 21.1. The maximum absolute atomic E-state index is 14.3. The Labute approximate surface area is 210 Å². The van der Waals surface area contributed by atoms with Crippen molar-refractivity contribution < 1.29 is 35.8 Å². The SMILES string of the molecule is C[C@@H]1COCCN1c1cc(OC(C)(C)C)nc(N2CCN(S(=O)(=O)C3CCOC3)CC2C(F)(F)F)c1. The van der Waals surface area contributed by atoms with Crippen LogP contribution in [0.5, 0.6) is 5.88 Å². The predicted molar refractivity (Wildman–Crippen MR) is 129 cm³/mol. The van der Waals surface area contributed by atoms with Gasteiger partial charge in [0.2, 0.25) is 15.9 Å². The molecule has 1 aromatic heterocycles. The second kappa shape index (κ2) is 10.1. The van der Waals surface area contributed by atoms with E-state index >= 15 is 0 Å². The highest BCUT2D eigenvalue weighted by atomic mass is 32.2. The molecule has 3 aliphatic rings. The molecule has 13 heteroatoms. The van der Waals surface area contributed by atoms with Gasteiger partial charge >= 0.3 is 6.18 Å². The minimum absolute atomic E-state index is 0.00800. The number of halogens is 3. The van der Waals surface area contributed by atoms with Crippen molar-refractivity contribution in [3.05, 3.63) is 12.1 Å². The molecule has 0 spiro atoms. The minimum atomic E-state index is -4.67. The molecule has 0 saturated carbocycles. The van der Waals surface area contributed by atoms with Gasteiger partial charge in [0.25, 0.3) is 0 Å². The molecule has 4 heterocycles. The van der Waals surface area contributed by atoms with E-state index in [2.05, 4.69) is 9.88 Å². The van der Waals surface area contributed by atoms with Crippen LogP contribution < -0.4 is 14.5 Å². The lowest BCUT2D eigenvalue weighted by atomic mass is 10.1. The lowest BCUT2D eigenvalue weighted by molar-refractivity contribution is -0.153. The average Bonchev–Trinajstić information content (AvgIpc) is 3.33. The third-order valence-corrected chi connectivity index (χ3v) is 8.83. The van der Waals surface area contributed by atoms with Crippen LogP contribution >= 0.6 is 0 Å². The highest BCUT2D eigenvalue weighted by molar-refractivity contribution is 7.89. The standard InChI is InChI=1S/C23H35F3N4O5S/c1-16-14-34-10-8-29(16)17-11-20(27-21(12-17)35-22(2,3)4)30-7-6-28(13-19(30)23(24,25)26)36(31,32)18-5-9-33-15-18/h11-12,16,18-19H,5-10,13-15H2,1-4H3/t16-,18?,19?/m1/s1. The first-order chi connectivity index (χ1) is 16.8. The number of hydrogen-bond donors (Lipinski definition) is 0. The van der Waals surface area contributed by atoms with E-state index in [1.807, 2.05) is 27.7 Å². The fourth-order valence-electron chi connectivity index (χ4n) is 4.77. The van der Waals surface area contributed by atoms with E-state index in [0.717, 1.165) is 9.21 Å². The molecule has 4 rings (SSSR count). The number of aromatic nitrogens is 1. The smallest absolute Gasteiger partial charge is 0.410 e. The Balaban J connectivity index is 1.68. The largest absolute Gasteiger partial charge is 0.472 e. The van der Waals surface area contributed by atoms with Crippen molar-refractivity contribution in [3.8, 4) is 5.88 Å². The number of nitrogens with zero attached hydrogens (tertiary/aromatic N) is 4. The summed E-state index contributed by atoms with van der Waals surface area (Å²) >= 11 is 0. The molecule has 0 aliphatic carbocycles. The minimum Gasteiger partial charge on any atom is -0.472 e. The summed E-state index contributed by atoms with van der Waals surface area (Å²) in [5, 5.41) is -0.811. The molecular formula is C23H35F3N4O5S. The number of piperazine rings is 1. The second-order valence-corrected chi connectivity index (χ2v) is 12.7. The molecule has 0 amide bonds. The molecule has 3 saturated heterocycles. The maximum atomic E-state index is 14.3. The van der Waals surface area contributed by atoms with Gasteiger partial charge in [-0.05, 0) is 34.1 Å². The summed E-state index contributed by atoms with van der Waals surface area (Å²) in [7, 11) is -3.91. The van der Waals surface area contributed by atoms with Gasteiger partial charge in [0.05, 0.1) is 19.8 Å². The van der Waals surface area contributed by atoms with Gasteiger partial charge in [0.1, 0.15) is 22.7 Å². The molecule has 0 bridgehead atoms. The van der Waals surface area contributed by atoms with Gasteiger partial charge in [-0.2, -0.15) is 22.5 Å².